The summed E-state index contributed by atoms with van der Waals surface area (Å²) in [5.41, 5.74) is 0.805. The standard InChI is InChI=1S/C20H28N2O5/c1-14-5-4-6-18(15(14)2)22-19(23)12-26-20(24)13-27-21-11-16-7-9-17(25-3)10-8-16/h7-11,14-15,18H,4-6,12-13H2,1-3H3,(H,22,23)/b21-11-/t14-,15-,18+/m1/s1. The van der Waals surface area contributed by atoms with Gasteiger partial charge in [-0.2, -0.15) is 0 Å². The van der Waals surface area contributed by atoms with Crippen LogP contribution in [0.3, 0.4) is 0 Å². The second kappa shape index (κ2) is 10.5. The zero-order valence-electron chi connectivity index (χ0n) is 16.1. The Bertz CT molecular complexity index is 644. The average Bonchev–Trinajstić information content (AvgIpc) is 2.67. The minimum atomic E-state index is -0.637. The van der Waals surface area contributed by atoms with Gasteiger partial charge in [-0.25, -0.2) is 4.79 Å². The van der Waals surface area contributed by atoms with Crippen LogP contribution in [0, 0.1) is 11.8 Å². The van der Waals surface area contributed by atoms with E-state index >= 15 is 0 Å². The summed E-state index contributed by atoms with van der Waals surface area (Å²) < 4.78 is 9.99. The molecule has 1 saturated carbocycles. The molecule has 7 heteroatoms. The van der Waals surface area contributed by atoms with E-state index < -0.39 is 5.97 Å². The molecule has 0 spiro atoms. The number of nitrogens with one attached hydrogen (secondary N) is 1. The van der Waals surface area contributed by atoms with E-state index in [0.29, 0.717) is 11.8 Å². The van der Waals surface area contributed by atoms with Crippen LogP contribution in [-0.4, -0.2) is 44.5 Å². The van der Waals surface area contributed by atoms with E-state index in [2.05, 4.69) is 24.3 Å². The number of carbonyl (C=O) groups excluding carboxylic acids is 2. The summed E-state index contributed by atoms with van der Waals surface area (Å²) in [5.74, 6) is 0.836. The zero-order chi connectivity index (χ0) is 19.6. The van der Waals surface area contributed by atoms with Gasteiger partial charge in [0.1, 0.15) is 5.75 Å². The Balaban J connectivity index is 1.63. The van der Waals surface area contributed by atoms with E-state index in [9.17, 15) is 9.59 Å². The zero-order valence-corrected chi connectivity index (χ0v) is 16.1. The first-order chi connectivity index (χ1) is 13.0. The molecule has 148 valence electrons. The first kappa shape index (κ1) is 20.7. The van der Waals surface area contributed by atoms with E-state index in [1.54, 1.807) is 19.2 Å². The number of hydrogen-bond acceptors (Lipinski definition) is 6. The highest BCUT2D eigenvalue weighted by molar-refractivity contribution is 5.81. The lowest BCUT2D eigenvalue weighted by Gasteiger charge is -2.34. The van der Waals surface area contributed by atoms with Crippen LogP contribution in [0.2, 0.25) is 0 Å². The van der Waals surface area contributed by atoms with Crippen LogP contribution in [0.4, 0.5) is 0 Å². The summed E-state index contributed by atoms with van der Waals surface area (Å²) in [6, 6.07) is 7.35. The summed E-state index contributed by atoms with van der Waals surface area (Å²) in [5, 5.41) is 6.66. The van der Waals surface area contributed by atoms with Crippen LogP contribution in [0.5, 0.6) is 5.75 Å². The molecule has 1 aromatic carbocycles. The van der Waals surface area contributed by atoms with Crippen LogP contribution in [0.1, 0.15) is 38.7 Å². The maximum Gasteiger partial charge on any atom is 0.347 e. The van der Waals surface area contributed by atoms with Crippen molar-refractivity contribution in [3.63, 3.8) is 0 Å². The molecule has 0 saturated heterocycles. The Kier molecular flexibility index (Phi) is 8.10. The Morgan fingerprint density at radius 1 is 1.19 bits per heavy atom. The van der Waals surface area contributed by atoms with Crippen molar-refractivity contribution in [2.75, 3.05) is 20.3 Å². The Labute approximate surface area is 160 Å². The normalized spacial score (nSPS) is 22.3. The smallest absolute Gasteiger partial charge is 0.347 e. The quantitative estimate of drug-likeness (QED) is 0.428. The summed E-state index contributed by atoms with van der Waals surface area (Å²) in [6.45, 7) is 3.70. The highest BCUT2D eigenvalue weighted by Gasteiger charge is 2.28. The molecule has 27 heavy (non-hydrogen) atoms. The van der Waals surface area contributed by atoms with Crippen molar-refractivity contribution in [2.24, 2.45) is 17.0 Å². The summed E-state index contributed by atoms with van der Waals surface area (Å²) in [4.78, 5) is 28.5. The lowest BCUT2D eigenvalue weighted by molar-refractivity contribution is -0.153. The van der Waals surface area contributed by atoms with Crippen LogP contribution in [0.25, 0.3) is 0 Å². The first-order valence-corrected chi connectivity index (χ1v) is 9.24. The van der Waals surface area contributed by atoms with Gasteiger partial charge in [0.25, 0.3) is 5.91 Å². The van der Waals surface area contributed by atoms with E-state index in [-0.39, 0.29) is 25.2 Å². The monoisotopic (exact) mass is 376 g/mol. The average molecular weight is 376 g/mol. The molecule has 3 atom stereocenters. The molecule has 2 rings (SSSR count). The molecule has 1 fully saturated rings. The molecular weight excluding hydrogens is 348 g/mol. The van der Waals surface area contributed by atoms with E-state index in [1.165, 1.54) is 12.6 Å². The number of nitrogens with zero attached hydrogens (tertiary/aromatic N) is 1. The van der Waals surface area contributed by atoms with E-state index in [4.69, 9.17) is 14.3 Å². The number of ether oxygens (including phenoxy) is 2. The van der Waals surface area contributed by atoms with Crippen LogP contribution in [0.15, 0.2) is 29.4 Å². The maximum absolute atomic E-state index is 12.0. The molecule has 0 aliphatic heterocycles. The van der Waals surface area contributed by atoms with Gasteiger partial charge in [0.05, 0.1) is 13.3 Å². The third-order valence-corrected chi connectivity index (χ3v) is 4.99. The number of methoxy groups -OCH3 is 1. The molecule has 0 radical (unpaired) electrons. The van der Waals surface area contributed by atoms with Gasteiger partial charge in [0, 0.05) is 6.04 Å². The molecule has 0 unspecified atom stereocenters. The molecule has 1 aliphatic carbocycles. The number of rotatable bonds is 8. The lowest BCUT2D eigenvalue weighted by Crippen LogP contribution is -2.45. The second-order valence-electron chi connectivity index (χ2n) is 6.88. The van der Waals surface area contributed by atoms with Crippen molar-refractivity contribution in [1.29, 1.82) is 0 Å². The van der Waals surface area contributed by atoms with Gasteiger partial charge in [0.15, 0.2) is 6.61 Å². The molecule has 1 aromatic rings. The molecule has 0 heterocycles. The second-order valence-corrected chi connectivity index (χ2v) is 6.88. The van der Waals surface area contributed by atoms with Crippen molar-refractivity contribution in [3.05, 3.63) is 29.8 Å². The topological polar surface area (TPSA) is 86.2 Å². The highest BCUT2D eigenvalue weighted by Crippen LogP contribution is 2.29. The third kappa shape index (κ3) is 6.92. The minimum absolute atomic E-state index is 0.144. The molecule has 7 nitrogen and oxygen atoms in total. The Hall–Kier alpha value is -2.57. The Morgan fingerprint density at radius 2 is 1.93 bits per heavy atom. The van der Waals surface area contributed by atoms with Crippen molar-refractivity contribution in [2.45, 2.75) is 39.2 Å². The number of carbonyl (C=O) groups is 2. The van der Waals surface area contributed by atoms with Gasteiger partial charge < -0.3 is 19.6 Å². The predicted octanol–water partition coefficient (Wildman–Crippen LogP) is 2.53. The van der Waals surface area contributed by atoms with E-state index in [1.807, 2.05) is 12.1 Å². The fraction of sp³-hybridized carbons (Fsp3) is 0.550. The molecule has 1 amide bonds. The number of benzene rings is 1. The van der Waals surface area contributed by atoms with Crippen LogP contribution >= 0.6 is 0 Å². The van der Waals surface area contributed by atoms with Crippen molar-refractivity contribution >= 4 is 18.1 Å². The summed E-state index contributed by atoms with van der Waals surface area (Å²) in [7, 11) is 1.59. The first-order valence-electron chi connectivity index (χ1n) is 9.24. The summed E-state index contributed by atoms with van der Waals surface area (Å²) >= 11 is 0. The van der Waals surface area contributed by atoms with Crippen molar-refractivity contribution in [1.82, 2.24) is 5.32 Å². The molecule has 1 aliphatic rings. The molecule has 0 bridgehead atoms. The summed E-state index contributed by atoms with van der Waals surface area (Å²) in [6.07, 6.45) is 4.74. The van der Waals surface area contributed by atoms with E-state index in [0.717, 1.165) is 24.2 Å². The number of esters is 1. The van der Waals surface area contributed by atoms with Gasteiger partial charge in [-0.05, 0) is 48.1 Å². The van der Waals surface area contributed by atoms with Gasteiger partial charge in [-0.3, -0.25) is 4.79 Å². The van der Waals surface area contributed by atoms with Crippen LogP contribution in [-0.2, 0) is 19.2 Å². The van der Waals surface area contributed by atoms with Gasteiger partial charge in [-0.15, -0.1) is 0 Å². The molecule has 1 N–H and O–H groups in total. The fourth-order valence-corrected chi connectivity index (χ4v) is 3.10. The molecule has 0 aromatic heterocycles. The lowest BCUT2D eigenvalue weighted by atomic mass is 9.78. The molecular formula is C20H28N2O5. The van der Waals surface area contributed by atoms with Gasteiger partial charge in [-0.1, -0.05) is 31.8 Å². The largest absolute Gasteiger partial charge is 0.497 e. The van der Waals surface area contributed by atoms with Crippen molar-refractivity contribution < 1.29 is 23.9 Å². The van der Waals surface area contributed by atoms with Gasteiger partial charge in [0.2, 0.25) is 6.61 Å². The van der Waals surface area contributed by atoms with Crippen molar-refractivity contribution in [3.8, 4) is 5.75 Å². The number of hydrogen-bond donors (Lipinski definition) is 1. The number of amides is 1. The Morgan fingerprint density at radius 3 is 2.63 bits per heavy atom. The number of oxime groups is 1. The third-order valence-electron chi connectivity index (χ3n) is 4.99. The highest BCUT2D eigenvalue weighted by atomic mass is 16.7. The predicted molar refractivity (Wildman–Crippen MR) is 102 cm³/mol. The minimum Gasteiger partial charge on any atom is -0.497 e. The maximum atomic E-state index is 12.0. The fourth-order valence-electron chi connectivity index (χ4n) is 3.10. The SMILES string of the molecule is COc1ccc(/C=N\OCC(=O)OCC(=O)N[C@H]2CCC[C@@H](C)[C@H]2C)cc1. The van der Waals surface area contributed by atoms with Gasteiger partial charge >= 0.3 is 5.97 Å². The van der Waals surface area contributed by atoms with Crippen LogP contribution < -0.4 is 10.1 Å².